The number of amides is 2. The average molecular weight is 597 g/mol. The number of carbonyl (C=O) groups is 2. The van der Waals surface area contributed by atoms with Crippen molar-refractivity contribution in [2.75, 3.05) is 19.7 Å². The largest absolute Gasteiger partial charge is 0.508 e. The number of benzene rings is 2. The summed E-state index contributed by atoms with van der Waals surface area (Å²) >= 11 is 0. The normalized spacial score (nSPS) is 26.5. The molecule has 1 aliphatic carbocycles. The molecule has 4 atom stereocenters. The minimum Gasteiger partial charge on any atom is -0.508 e. The van der Waals surface area contributed by atoms with Crippen molar-refractivity contribution in [3.05, 3.63) is 82.4 Å². The van der Waals surface area contributed by atoms with E-state index in [-0.39, 0.29) is 47.5 Å². The summed E-state index contributed by atoms with van der Waals surface area (Å²) in [5, 5.41) is 9.68. The summed E-state index contributed by atoms with van der Waals surface area (Å²) in [5.41, 5.74) is 6.45. The molecule has 2 amide bonds. The fraction of sp³-hybridized carbons (Fsp3) is 0.526. The monoisotopic (exact) mass is 596 g/mol. The van der Waals surface area contributed by atoms with Crippen LogP contribution in [0.2, 0.25) is 0 Å². The maximum absolute atomic E-state index is 14.1. The molecule has 6 rings (SSSR count). The van der Waals surface area contributed by atoms with Gasteiger partial charge in [0, 0.05) is 31.6 Å². The molecule has 0 bridgehead atoms. The predicted molar refractivity (Wildman–Crippen MR) is 174 cm³/mol. The molecule has 0 saturated carbocycles. The first-order valence-electron chi connectivity index (χ1n) is 16.8. The molecule has 44 heavy (non-hydrogen) atoms. The third-order valence-corrected chi connectivity index (χ3v) is 10.4. The molecular formula is C38H48N2O4. The number of fused-ring (bicyclic) bond motifs is 3. The molecular weight excluding hydrogens is 548 g/mol. The molecule has 4 aliphatic rings. The Bertz CT molecular complexity index is 1390. The molecule has 6 heteroatoms. The predicted octanol–water partition coefficient (Wildman–Crippen LogP) is 6.99. The third-order valence-electron chi connectivity index (χ3n) is 10.4. The number of piperidine rings is 1. The van der Waals surface area contributed by atoms with Crippen molar-refractivity contribution in [1.29, 1.82) is 0 Å². The molecule has 0 spiro atoms. The van der Waals surface area contributed by atoms with E-state index in [1.54, 1.807) is 17.0 Å². The molecule has 3 saturated heterocycles. The van der Waals surface area contributed by atoms with Crippen LogP contribution in [-0.4, -0.2) is 58.6 Å². The molecule has 3 aliphatic heterocycles. The SMILES string of the molecule is CCC/C(=C\c1ccc(O)cc1)CC[C@H]1OC[C@H]2C1=C(C(C)C)C[C@H]1C(=O)N(C3CCN(Cc4ccccc4)CC3)C(=O)[C@H]12. The second kappa shape index (κ2) is 13.4. The Morgan fingerprint density at radius 1 is 0.977 bits per heavy atom. The Morgan fingerprint density at radius 2 is 1.70 bits per heavy atom. The van der Waals surface area contributed by atoms with Gasteiger partial charge in [0.05, 0.1) is 24.5 Å². The standard InChI is InChI=1S/C38H48N2O4/c1-4-8-26(21-27-11-14-30(41)15-12-27)13-16-34-35-31(25(2)3)22-32-36(33(35)24-44-34)38(43)40(37(32)42)29-17-19-39(20-18-29)23-28-9-6-5-7-10-28/h5-7,9-12,14-15,21,25,29,32-34,36,41H,4,8,13,16-20,22-24H2,1-3H3/b26-21+/t32-,33+,34-,36-/m1/s1. The van der Waals surface area contributed by atoms with E-state index in [1.165, 1.54) is 22.3 Å². The summed E-state index contributed by atoms with van der Waals surface area (Å²) in [6, 6.07) is 17.9. The number of imide groups is 1. The molecule has 2 aromatic rings. The lowest BCUT2D eigenvalue weighted by Gasteiger charge is -2.36. The third kappa shape index (κ3) is 6.29. The first-order valence-corrected chi connectivity index (χ1v) is 16.8. The Hall–Kier alpha value is -3.22. The van der Waals surface area contributed by atoms with Gasteiger partial charge in [-0.25, -0.2) is 0 Å². The van der Waals surface area contributed by atoms with Gasteiger partial charge in [0.2, 0.25) is 11.8 Å². The minimum absolute atomic E-state index is 0.00155. The van der Waals surface area contributed by atoms with Crippen LogP contribution in [0.15, 0.2) is 71.3 Å². The van der Waals surface area contributed by atoms with E-state index in [0.717, 1.165) is 63.7 Å². The van der Waals surface area contributed by atoms with Crippen LogP contribution in [0.1, 0.15) is 76.8 Å². The summed E-state index contributed by atoms with van der Waals surface area (Å²) < 4.78 is 6.51. The van der Waals surface area contributed by atoms with Crippen molar-refractivity contribution in [1.82, 2.24) is 9.80 Å². The van der Waals surface area contributed by atoms with Crippen molar-refractivity contribution < 1.29 is 19.4 Å². The number of rotatable bonds is 10. The molecule has 3 fully saturated rings. The van der Waals surface area contributed by atoms with Crippen LogP contribution in [0.5, 0.6) is 5.75 Å². The van der Waals surface area contributed by atoms with Gasteiger partial charge in [-0.3, -0.25) is 19.4 Å². The number of phenolic OH excluding ortho intramolecular Hbond substituents is 1. The molecule has 1 N–H and O–H groups in total. The van der Waals surface area contributed by atoms with Crippen LogP contribution in [0.4, 0.5) is 0 Å². The summed E-state index contributed by atoms with van der Waals surface area (Å²) in [7, 11) is 0. The fourth-order valence-corrected chi connectivity index (χ4v) is 8.23. The van der Waals surface area contributed by atoms with Crippen LogP contribution < -0.4 is 0 Å². The van der Waals surface area contributed by atoms with Gasteiger partial charge in [0.15, 0.2) is 0 Å². The lowest BCUT2D eigenvalue weighted by atomic mass is 9.67. The molecule has 234 valence electrons. The Kier molecular flexibility index (Phi) is 9.39. The van der Waals surface area contributed by atoms with Crippen molar-refractivity contribution in [3.63, 3.8) is 0 Å². The van der Waals surface area contributed by atoms with E-state index in [0.29, 0.717) is 18.9 Å². The second-order valence-electron chi connectivity index (χ2n) is 13.6. The van der Waals surface area contributed by atoms with Gasteiger partial charge >= 0.3 is 0 Å². The van der Waals surface area contributed by atoms with Gasteiger partial charge in [0.1, 0.15) is 5.75 Å². The van der Waals surface area contributed by atoms with Crippen molar-refractivity contribution in [2.45, 2.75) is 84.4 Å². The topological polar surface area (TPSA) is 70.1 Å². The number of nitrogens with zero attached hydrogens (tertiary/aromatic N) is 2. The molecule has 2 aromatic carbocycles. The van der Waals surface area contributed by atoms with Gasteiger partial charge in [-0.1, -0.05) is 86.9 Å². The van der Waals surface area contributed by atoms with E-state index in [9.17, 15) is 14.7 Å². The van der Waals surface area contributed by atoms with Gasteiger partial charge in [-0.15, -0.1) is 0 Å². The summed E-state index contributed by atoms with van der Waals surface area (Å²) in [4.78, 5) is 32.2. The smallest absolute Gasteiger partial charge is 0.234 e. The zero-order valence-corrected chi connectivity index (χ0v) is 26.6. The number of phenols is 1. The number of likely N-dealkylation sites (tertiary alicyclic amines) is 2. The number of ether oxygens (including phenoxy) is 1. The van der Waals surface area contributed by atoms with Crippen molar-refractivity contribution >= 4 is 17.9 Å². The fourth-order valence-electron chi connectivity index (χ4n) is 8.23. The second-order valence-corrected chi connectivity index (χ2v) is 13.6. The highest BCUT2D eigenvalue weighted by atomic mass is 16.5. The van der Waals surface area contributed by atoms with Gasteiger partial charge in [0.25, 0.3) is 0 Å². The quantitative estimate of drug-likeness (QED) is 0.236. The van der Waals surface area contributed by atoms with Gasteiger partial charge < -0.3 is 9.84 Å². The van der Waals surface area contributed by atoms with Crippen molar-refractivity contribution in [2.24, 2.45) is 23.7 Å². The molecule has 0 aromatic heterocycles. The number of allylic oxidation sites excluding steroid dienone is 2. The van der Waals surface area contributed by atoms with E-state index >= 15 is 0 Å². The minimum atomic E-state index is -0.282. The lowest BCUT2D eigenvalue weighted by molar-refractivity contribution is -0.144. The van der Waals surface area contributed by atoms with E-state index in [2.05, 4.69) is 56.0 Å². The van der Waals surface area contributed by atoms with Crippen LogP contribution >= 0.6 is 0 Å². The first-order chi connectivity index (χ1) is 21.3. The van der Waals surface area contributed by atoms with Crippen LogP contribution in [-0.2, 0) is 20.9 Å². The summed E-state index contributed by atoms with van der Waals surface area (Å²) in [6.45, 7) is 9.90. The Morgan fingerprint density at radius 3 is 2.39 bits per heavy atom. The van der Waals surface area contributed by atoms with Crippen LogP contribution in [0.3, 0.4) is 0 Å². The average Bonchev–Trinajstić information content (AvgIpc) is 3.55. The highest BCUT2D eigenvalue weighted by Gasteiger charge is 2.58. The molecule has 0 unspecified atom stereocenters. The number of carbonyl (C=O) groups excluding carboxylic acids is 2. The van der Waals surface area contributed by atoms with E-state index in [1.807, 2.05) is 18.2 Å². The van der Waals surface area contributed by atoms with Crippen LogP contribution in [0, 0.1) is 23.7 Å². The number of aromatic hydroxyl groups is 1. The molecule has 0 radical (unpaired) electrons. The summed E-state index contributed by atoms with van der Waals surface area (Å²) in [5.74, 6) is 0.183. The maximum Gasteiger partial charge on any atom is 0.234 e. The lowest BCUT2D eigenvalue weighted by Crippen LogP contribution is -2.47. The van der Waals surface area contributed by atoms with Crippen LogP contribution in [0.25, 0.3) is 6.08 Å². The Labute approximate surface area is 262 Å². The highest BCUT2D eigenvalue weighted by molar-refractivity contribution is 6.06. The van der Waals surface area contributed by atoms with E-state index < -0.39 is 0 Å². The summed E-state index contributed by atoms with van der Waals surface area (Å²) in [6.07, 6.45) is 8.51. The zero-order chi connectivity index (χ0) is 30.8. The van der Waals surface area contributed by atoms with Crippen molar-refractivity contribution in [3.8, 4) is 5.75 Å². The zero-order valence-electron chi connectivity index (χ0n) is 26.6. The number of hydrogen-bond acceptors (Lipinski definition) is 5. The van der Waals surface area contributed by atoms with Gasteiger partial charge in [-0.2, -0.15) is 0 Å². The molecule has 3 heterocycles. The molecule has 6 nitrogen and oxygen atoms in total. The van der Waals surface area contributed by atoms with E-state index in [4.69, 9.17) is 4.74 Å². The number of hydrogen-bond donors (Lipinski definition) is 1. The van der Waals surface area contributed by atoms with Gasteiger partial charge in [-0.05, 0) is 73.3 Å². The highest BCUT2D eigenvalue weighted by Crippen LogP contribution is 2.52. The Balaban J connectivity index is 1.15. The first kappa shape index (κ1) is 30.8. The maximum atomic E-state index is 14.1.